The van der Waals surface area contributed by atoms with Gasteiger partial charge in [-0.25, -0.2) is 0 Å². The van der Waals surface area contributed by atoms with Gasteiger partial charge < -0.3 is 10.1 Å². The van der Waals surface area contributed by atoms with Crippen LogP contribution in [0.4, 0.5) is 0 Å². The summed E-state index contributed by atoms with van der Waals surface area (Å²) in [5.74, 6) is 0. The molecular formula is C15H23NO. The van der Waals surface area contributed by atoms with Gasteiger partial charge in [-0.3, -0.25) is 0 Å². The van der Waals surface area contributed by atoms with E-state index >= 15 is 0 Å². The van der Waals surface area contributed by atoms with Crippen molar-refractivity contribution in [3.8, 4) is 0 Å². The molecule has 1 N–H and O–H groups in total. The first-order chi connectivity index (χ1) is 8.26. The zero-order valence-corrected chi connectivity index (χ0v) is 10.9. The molecule has 2 atom stereocenters. The molecule has 94 valence electrons. The van der Waals surface area contributed by atoms with Crippen molar-refractivity contribution < 1.29 is 4.74 Å². The van der Waals surface area contributed by atoms with Crippen molar-refractivity contribution in [1.29, 1.82) is 0 Å². The predicted octanol–water partition coefficient (Wildman–Crippen LogP) is 3.30. The van der Waals surface area contributed by atoms with E-state index in [0.717, 1.165) is 19.6 Å². The topological polar surface area (TPSA) is 21.3 Å². The molecule has 1 saturated heterocycles. The van der Waals surface area contributed by atoms with E-state index in [1.165, 1.54) is 18.4 Å². The highest BCUT2D eigenvalue weighted by Crippen LogP contribution is 2.36. The molecule has 0 radical (unpaired) electrons. The standard InChI is InChI=1S/C15H23NO/c1-3-16-14(13-9-5-4-6-10-13)15(2)11-7-8-12-17-15/h4-6,9-10,14,16H,3,7-8,11-12H2,1-2H3. The molecule has 0 saturated carbocycles. The van der Waals surface area contributed by atoms with Crippen molar-refractivity contribution in [1.82, 2.24) is 5.32 Å². The lowest BCUT2D eigenvalue weighted by molar-refractivity contribution is -0.0895. The smallest absolute Gasteiger partial charge is 0.0848 e. The van der Waals surface area contributed by atoms with Crippen LogP contribution in [-0.4, -0.2) is 18.8 Å². The lowest BCUT2D eigenvalue weighted by Crippen LogP contribution is -2.45. The lowest BCUT2D eigenvalue weighted by Gasteiger charge is -2.41. The fourth-order valence-corrected chi connectivity index (χ4v) is 2.72. The number of rotatable bonds is 4. The molecule has 2 nitrogen and oxygen atoms in total. The van der Waals surface area contributed by atoms with Crippen LogP contribution in [0.15, 0.2) is 30.3 Å². The summed E-state index contributed by atoms with van der Waals surface area (Å²) in [5, 5.41) is 3.58. The maximum atomic E-state index is 6.07. The van der Waals surface area contributed by atoms with E-state index in [4.69, 9.17) is 4.74 Å². The van der Waals surface area contributed by atoms with Gasteiger partial charge in [-0.2, -0.15) is 0 Å². The first kappa shape index (κ1) is 12.6. The Morgan fingerprint density at radius 2 is 2.06 bits per heavy atom. The first-order valence-corrected chi connectivity index (χ1v) is 6.68. The summed E-state index contributed by atoms with van der Waals surface area (Å²) in [6, 6.07) is 11.0. The summed E-state index contributed by atoms with van der Waals surface area (Å²) in [7, 11) is 0. The second kappa shape index (κ2) is 5.65. The first-order valence-electron chi connectivity index (χ1n) is 6.68. The normalized spacial score (nSPS) is 26.7. The van der Waals surface area contributed by atoms with Gasteiger partial charge in [0.15, 0.2) is 0 Å². The van der Waals surface area contributed by atoms with Crippen molar-refractivity contribution in [2.75, 3.05) is 13.2 Å². The number of hydrogen-bond donors (Lipinski definition) is 1. The Kier molecular flexibility index (Phi) is 4.19. The van der Waals surface area contributed by atoms with E-state index in [1.807, 2.05) is 0 Å². The van der Waals surface area contributed by atoms with Gasteiger partial charge in [0.25, 0.3) is 0 Å². The van der Waals surface area contributed by atoms with Crippen LogP contribution in [-0.2, 0) is 4.74 Å². The molecule has 0 aromatic heterocycles. The molecule has 17 heavy (non-hydrogen) atoms. The highest BCUT2D eigenvalue weighted by atomic mass is 16.5. The number of hydrogen-bond acceptors (Lipinski definition) is 2. The molecule has 0 spiro atoms. The van der Waals surface area contributed by atoms with Crippen LogP contribution in [0.3, 0.4) is 0 Å². The molecule has 1 aromatic carbocycles. The molecule has 2 unspecified atom stereocenters. The zero-order valence-electron chi connectivity index (χ0n) is 10.9. The van der Waals surface area contributed by atoms with Crippen LogP contribution in [0.25, 0.3) is 0 Å². The second-order valence-corrected chi connectivity index (χ2v) is 5.02. The van der Waals surface area contributed by atoms with Gasteiger partial charge in [0.2, 0.25) is 0 Å². The molecule has 2 rings (SSSR count). The second-order valence-electron chi connectivity index (χ2n) is 5.02. The van der Waals surface area contributed by atoms with E-state index in [-0.39, 0.29) is 5.60 Å². The molecule has 1 fully saturated rings. The van der Waals surface area contributed by atoms with Gasteiger partial charge in [0, 0.05) is 6.61 Å². The summed E-state index contributed by atoms with van der Waals surface area (Å²) in [6.07, 6.45) is 3.61. The van der Waals surface area contributed by atoms with Crippen LogP contribution < -0.4 is 5.32 Å². The lowest BCUT2D eigenvalue weighted by atomic mass is 9.84. The Morgan fingerprint density at radius 3 is 2.65 bits per heavy atom. The summed E-state index contributed by atoms with van der Waals surface area (Å²) in [4.78, 5) is 0. The maximum Gasteiger partial charge on any atom is 0.0848 e. The van der Waals surface area contributed by atoms with Crippen LogP contribution in [0, 0.1) is 0 Å². The predicted molar refractivity (Wildman–Crippen MR) is 71.1 cm³/mol. The van der Waals surface area contributed by atoms with Crippen molar-refractivity contribution in [2.24, 2.45) is 0 Å². The molecule has 1 heterocycles. The molecular weight excluding hydrogens is 210 g/mol. The van der Waals surface area contributed by atoms with Gasteiger partial charge in [-0.1, -0.05) is 37.3 Å². The Morgan fingerprint density at radius 1 is 1.29 bits per heavy atom. The van der Waals surface area contributed by atoms with E-state index in [9.17, 15) is 0 Å². The highest BCUT2D eigenvalue weighted by Gasteiger charge is 2.37. The largest absolute Gasteiger partial charge is 0.373 e. The Labute approximate surface area is 104 Å². The van der Waals surface area contributed by atoms with Gasteiger partial charge in [-0.15, -0.1) is 0 Å². The minimum absolute atomic E-state index is 0.0599. The van der Waals surface area contributed by atoms with Crippen LogP contribution >= 0.6 is 0 Å². The number of benzene rings is 1. The summed E-state index contributed by atoms with van der Waals surface area (Å²) in [6.45, 7) is 6.26. The van der Waals surface area contributed by atoms with Crippen molar-refractivity contribution in [3.63, 3.8) is 0 Å². The van der Waals surface area contributed by atoms with Crippen molar-refractivity contribution in [2.45, 2.75) is 44.8 Å². The van der Waals surface area contributed by atoms with Gasteiger partial charge >= 0.3 is 0 Å². The average Bonchev–Trinajstić information content (AvgIpc) is 2.38. The summed E-state index contributed by atoms with van der Waals surface area (Å²) in [5.41, 5.74) is 1.27. The highest BCUT2D eigenvalue weighted by molar-refractivity contribution is 5.22. The van der Waals surface area contributed by atoms with E-state index in [1.54, 1.807) is 0 Å². The van der Waals surface area contributed by atoms with E-state index < -0.39 is 0 Å². The minimum Gasteiger partial charge on any atom is -0.373 e. The van der Waals surface area contributed by atoms with Gasteiger partial charge in [-0.05, 0) is 38.3 Å². The van der Waals surface area contributed by atoms with Crippen LogP contribution in [0.5, 0.6) is 0 Å². The van der Waals surface area contributed by atoms with E-state index in [2.05, 4.69) is 49.5 Å². The average molecular weight is 233 g/mol. The van der Waals surface area contributed by atoms with Gasteiger partial charge in [0.05, 0.1) is 11.6 Å². The molecule has 0 aliphatic carbocycles. The molecule has 0 amide bonds. The molecule has 1 aliphatic rings. The Balaban J connectivity index is 2.22. The number of likely N-dealkylation sites (N-methyl/N-ethyl adjacent to an activating group) is 1. The van der Waals surface area contributed by atoms with Crippen molar-refractivity contribution in [3.05, 3.63) is 35.9 Å². The third kappa shape index (κ3) is 2.88. The monoisotopic (exact) mass is 233 g/mol. The Hall–Kier alpha value is -0.860. The molecule has 2 heteroatoms. The zero-order chi connectivity index (χ0) is 12.1. The summed E-state index contributed by atoms with van der Waals surface area (Å²) < 4.78 is 6.07. The third-order valence-corrected chi connectivity index (χ3v) is 3.65. The molecule has 1 aromatic rings. The molecule has 1 aliphatic heterocycles. The molecule has 0 bridgehead atoms. The quantitative estimate of drug-likeness (QED) is 0.861. The number of nitrogens with one attached hydrogen (secondary N) is 1. The van der Waals surface area contributed by atoms with Gasteiger partial charge in [0.1, 0.15) is 0 Å². The Bertz CT molecular complexity index is 330. The summed E-state index contributed by atoms with van der Waals surface area (Å²) >= 11 is 0. The van der Waals surface area contributed by atoms with E-state index in [0.29, 0.717) is 6.04 Å². The van der Waals surface area contributed by atoms with Crippen LogP contribution in [0.1, 0.15) is 44.7 Å². The maximum absolute atomic E-state index is 6.07. The fraction of sp³-hybridized carbons (Fsp3) is 0.600. The van der Waals surface area contributed by atoms with Crippen LogP contribution in [0.2, 0.25) is 0 Å². The SMILES string of the molecule is CCNC(c1ccccc1)C1(C)CCCCO1. The minimum atomic E-state index is -0.0599. The third-order valence-electron chi connectivity index (χ3n) is 3.65. The fourth-order valence-electron chi connectivity index (χ4n) is 2.72. The van der Waals surface area contributed by atoms with Crippen molar-refractivity contribution >= 4 is 0 Å². The number of ether oxygens (including phenoxy) is 1.